The van der Waals surface area contributed by atoms with Crippen molar-refractivity contribution in [3.05, 3.63) is 28.8 Å². The van der Waals surface area contributed by atoms with Crippen molar-refractivity contribution in [2.75, 3.05) is 11.9 Å². The molecule has 1 aliphatic carbocycles. The molecule has 2 N–H and O–H groups in total. The van der Waals surface area contributed by atoms with Crippen LogP contribution in [-0.2, 0) is 0 Å². The third kappa shape index (κ3) is 3.86. The average molecular weight is 308 g/mol. The van der Waals surface area contributed by atoms with E-state index >= 15 is 0 Å². The Morgan fingerprint density at radius 1 is 1.48 bits per heavy atom. The Labute approximate surface area is 126 Å². The minimum atomic E-state index is -1.09. The van der Waals surface area contributed by atoms with Gasteiger partial charge in [0.15, 0.2) is 0 Å². The van der Waals surface area contributed by atoms with Gasteiger partial charge in [-0.2, -0.15) is 5.26 Å². The van der Waals surface area contributed by atoms with Crippen LogP contribution in [-0.4, -0.2) is 34.6 Å². The summed E-state index contributed by atoms with van der Waals surface area (Å²) < 4.78 is 0. The molecule has 110 valence electrons. The molecule has 0 atom stereocenters. The third-order valence-electron chi connectivity index (χ3n) is 3.17. The van der Waals surface area contributed by atoms with Gasteiger partial charge in [-0.3, -0.25) is 0 Å². The van der Waals surface area contributed by atoms with E-state index in [2.05, 4.69) is 5.32 Å². The first kappa shape index (κ1) is 15.1. The van der Waals surface area contributed by atoms with E-state index in [1.807, 2.05) is 6.07 Å². The lowest BCUT2D eigenvalue weighted by molar-refractivity contribution is 0.0697. The summed E-state index contributed by atoms with van der Waals surface area (Å²) >= 11 is 5.97. The predicted octanol–water partition coefficient (Wildman–Crippen LogP) is 2.95. The van der Waals surface area contributed by atoms with Crippen molar-refractivity contribution in [2.24, 2.45) is 0 Å². The van der Waals surface area contributed by atoms with Crippen LogP contribution in [0.25, 0.3) is 0 Å². The monoisotopic (exact) mass is 307 g/mol. The minimum absolute atomic E-state index is 0.0460. The fourth-order valence-corrected chi connectivity index (χ4v) is 2.11. The van der Waals surface area contributed by atoms with Crippen LogP contribution in [0.2, 0.25) is 5.02 Å². The highest BCUT2D eigenvalue weighted by molar-refractivity contribution is 6.33. The first-order valence-corrected chi connectivity index (χ1v) is 6.88. The van der Waals surface area contributed by atoms with Gasteiger partial charge in [0.2, 0.25) is 0 Å². The lowest BCUT2D eigenvalue weighted by Crippen LogP contribution is -2.37. The average Bonchev–Trinajstić information content (AvgIpc) is 3.26. The fourth-order valence-electron chi connectivity index (χ4n) is 1.95. The molecule has 2 rings (SSSR count). The van der Waals surface area contributed by atoms with Crippen molar-refractivity contribution in [3.63, 3.8) is 0 Å². The summed E-state index contributed by atoms with van der Waals surface area (Å²) in [4.78, 5) is 24.8. The summed E-state index contributed by atoms with van der Waals surface area (Å²) in [6, 6.07) is 5.91. The molecule has 1 aliphatic rings. The second-order valence-corrected chi connectivity index (χ2v) is 5.17. The molecule has 0 radical (unpaired) electrons. The number of anilines is 1. The molecule has 1 aromatic rings. The van der Waals surface area contributed by atoms with Crippen molar-refractivity contribution < 1.29 is 14.7 Å². The smallest absolute Gasteiger partial charge is 0.335 e. The highest BCUT2D eigenvalue weighted by Gasteiger charge is 2.32. The second-order valence-electron chi connectivity index (χ2n) is 4.76. The molecule has 2 amide bonds. The lowest BCUT2D eigenvalue weighted by atomic mass is 10.2. The fraction of sp³-hybridized carbons (Fsp3) is 0.357. The summed E-state index contributed by atoms with van der Waals surface area (Å²) in [5.74, 6) is -1.09. The molecule has 0 aliphatic heterocycles. The maximum Gasteiger partial charge on any atom is 0.335 e. The van der Waals surface area contributed by atoms with E-state index in [4.69, 9.17) is 22.0 Å². The topological polar surface area (TPSA) is 93.4 Å². The third-order valence-corrected chi connectivity index (χ3v) is 3.50. The molecule has 0 aromatic heterocycles. The van der Waals surface area contributed by atoms with Crippen LogP contribution in [0.4, 0.5) is 10.5 Å². The normalized spacial score (nSPS) is 13.3. The Morgan fingerprint density at radius 2 is 2.19 bits per heavy atom. The Balaban J connectivity index is 2.12. The molecule has 0 spiro atoms. The van der Waals surface area contributed by atoms with Crippen LogP contribution in [0.5, 0.6) is 0 Å². The van der Waals surface area contributed by atoms with Gasteiger partial charge in [-0.25, -0.2) is 9.59 Å². The van der Waals surface area contributed by atoms with Crippen molar-refractivity contribution in [1.29, 1.82) is 5.26 Å². The summed E-state index contributed by atoms with van der Waals surface area (Å²) in [5.41, 5.74) is 0.300. The molecule has 7 heteroatoms. The highest BCUT2D eigenvalue weighted by Crippen LogP contribution is 2.29. The Kier molecular flexibility index (Phi) is 4.66. The number of carboxylic acids is 1. The molecular weight excluding hydrogens is 294 g/mol. The summed E-state index contributed by atoms with van der Waals surface area (Å²) in [5, 5.41) is 20.5. The van der Waals surface area contributed by atoms with E-state index in [1.165, 1.54) is 18.2 Å². The van der Waals surface area contributed by atoms with E-state index in [1.54, 1.807) is 4.90 Å². The summed E-state index contributed by atoms with van der Waals surface area (Å²) in [6.45, 7) is 0.350. The van der Waals surface area contributed by atoms with Gasteiger partial charge in [-0.05, 0) is 31.0 Å². The first-order chi connectivity index (χ1) is 10.0. The van der Waals surface area contributed by atoms with Crippen LogP contribution in [0.15, 0.2) is 18.2 Å². The van der Waals surface area contributed by atoms with Gasteiger partial charge in [0.05, 0.1) is 28.8 Å². The zero-order valence-electron chi connectivity index (χ0n) is 11.2. The zero-order chi connectivity index (χ0) is 15.4. The van der Waals surface area contributed by atoms with E-state index < -0.39 is 5.97 Å². The number of hydrogen-bond donors (Lipinski definition) is 2. The Morgan fingerprint density at radius 3 is 2.76 bits per heavy atom. The molecule has 1 fully saturated rings. The molecule has 0 unspecified atom stereocenters. The van der Waals surface area contributed by atoms with E-state index in [-0.39, 0.29) is 34.8 Å². The molecule has 21 heavy (non-hydrogen) atoms. The number of carbonyl (C=O) groups is 2. The van der Waals surface area contributed by atoms with Gasteiger partial charge in [0.1, 0.15) is 0 Å². The molecule has 0 saturated heterocycles. The van der Waals surface area contributed by atoms with Crippen LogP contribution in [0.1, 0.15) is 29.6 Å². The van der Waals surface area contributed by atoms with E-state index in [0.717, 1.165) is 12.8 Å². The molecule has 1 aromatic carbocycles. The van der Waals surface area contributed by atoms with Gasteiger partial charge >= 0.3 is 12.0 Å². The predicted molar refractivity (Wildman–Crippen MR) is 77.4 cm³/mol. The van der Waals surface area contributed by atoms with Crippen molar-refractivity contribution in [3.8, 4) is 6.07 Å². The van der Waals surface area contributed by atoms with Gasteiger partial charge < -0.3 is 15.3 Å². The van der Waals surface area contributed by atoms with Crippen molar-refractivity contribution >= 4 is 29.3 Å². The second kappa shape index (κ2) is 6.46. The van der Waals surface area contributed by atoms with Gasteiger partial charge in [0.25, 0.3) is 0 Å². The maximum absolute atomic E-state index is 12.2. The number of aromatic carboxylic acids is 1. The van der Waals surface area contributed by atoms with Crippen LogP contribution >= 0.6 is 11.6 Å². The maximum atomic E-state index is 12.2. The van der Waals surface area contributed by atoms with Crippen LogP contribution < -0.4 is 5.32 Å². The number of hydrogen-bond acceptors (Lipinski definition) is 3. The Hall–Kier alpha value is -2.26. The SMILES string of the molecule is N#CCCN(C(=O)Nc1cc(C(=O)O)ccc1Cl)C1CC1. The minimum Gasteiger partial charge on any atom is -0.478 e. The molecule has 1 saturated carbocycles. The van der Waals surface area contributed by atoms with Gasteiger partial charge in [0, 0.05) is 12.6 Å². The largest absolute Gasteiger partial charge is 0.478 e. The number of carboxylic acid groups (broad SMARTS) is 1. The van der Waals surface area contributed by atoms with E-state index in [0.29, 0.717) is 6.54 Å². The first-order valence-electron chi connectivity index (χ1n) is 6.50. The highest BCUT2D eigenvalue weighted by atomic mass is 35.5. The van der Waals surface area contributed by atoms with Crippen LogP contribution in [0.3, 0.4) is 0 Å². The van der Waals surface area contributed by atoms with Gasteiger partial charge in [-0.15, -0.1) is 0 Å². The number of benzene rings is 1. The quantitative estimate of drug-likeness (QED) is 0.874. The number of amides is 2. The van der Waals surface area contributed by atoms with Crippen molar-refractivity contribution in [2.45, 2.75) is 25.3 Å². The Bertz CT molecular complexity index is 608. The van der Waals surface area contributed by atoms with Gasteiger partial charge in [-0.1, -0.05) is 11.6 Å². The molecule has 0 heterocycles. The standard InChI is InChI=1S/C14H14ClN3O3/c15-11-5-2-9(13(19)20)8-12(11)17-14(21)18(7-1-6-16)10-3-4-10/h2,5,8,10H,1,3-4,7H2,(H,17,21)(H,19,20). The number of halogens is 1. The number of urea groups is 1. The number of rotatable bonds is 5. The number of nitrogens with one attached hydrogen (secondary N) is 1. The van der Waals surface area contributed by atoms with Crippen molar-refractivity contribution in [1.82, 2.24) is 4.90 Å². The lowest BCUT2D eigenvalue weighted by Gasteiger charge is -2.22. The number of carbonyl (C=O) groups excluding carboxylic acids is 1. The summed E-state index contributed by atoms with van der Waals surface area (Å²) in [6.07, 6.45) is 2.09. The zero-order valence-corrected chi connectivity index (χ0v) is 11.9. The molecule has 0 bridgehead atoms. The number of nitrogens with zero attached hydrogens (tertiary/aromatic N) is 2. The number of nitriles is 1. The van der Waals surface area contributed by atoms with E-state index in [9.17, 15) is 9.59 Å². The molecular formula is C14H14ClN3O3. The van der Waals surface area contributed by atoms with Crippen LogP contribution in [0, 0.1) is 11.3 Å². The summed E-state index contributed by atoms with van der Waals surface area (Å²) in [7, 11) is 0. The molecule has 6 nitrogen and oxygen atoms in total.